The Morgan fingerprint density at radius 1 is 1.28 bits per heavy atom. The lowest BCUT2D eigenvalue weighted by molar-refractivity contribution is 0.0909. The zero-order valence-corrected chi connectivity index (χ0v) is 15.5. The molecule has 0 bridgehead atoms. The summed E-state index contributed by atoms with van der Waals surface area (Å²) < 4.78 is 32.7. The molecule has 8 heteroatoms. The highest BCUT2D eigenvalue weighted by Crippen LogP contribution is 2.23. The van der Waals surface area contributed by atoms with Gasteiger partial charge in [-0.3, -0.25) is 0 Å². The summed E-state index contributed by atoms with van der Waals surface area (Å²) in [5, 5.41) is 0. The number of rotatable bonds is 6. The van der Waals surface area contributed by atoms with Gasteiger partial charge in [-0.05, 0) is 25.6 Å². The Morgan fingerprint density at radius 2 is 2.04 bits per heavy atom. The first kappa shape index (κ1) is 18.3. The second kappa shape index (κ2) is 7.82. The maximum absolute atomic E-state index is 12.7. The van der Waals surface area contributed by atoms with Crippen LogP contribution in [0.5, 0.6) is 0 Å². The van der Waals surface area contributed by atoms with Crippen LogP contribution in [0.4, 0.5) is 5.82 Å². The van der Waals surface area contributed by atoms with Crippen molar-refractivity contribution in [3.8, 4) is 0 Å². The molecule has 0 saturated carbocycles. The molecule has 1 aromatic rings. The van der Waals surface area contributed by atoms with Gasteiger partial charge in [-0.2, -0.15) is 4.31 Å². The normalized spacial score (nSPS) is 23.1. The van der Waals surface area contributed by atoms with Gasteiger partial charge in [0.15, 0.2) is 0 Å². The molecule has 25 heavy (non-hydrogen) atoms. The Balaban J connectivity index is 1.65. The Morgan fingerprint density at radius 3 is 2.68 bits per heavy atom. The largest absolute Gasteiger partial charge is 0.372 e. The summed E-state index contributed by atoms with van der Waals surface area (Å²) in [4.78, 5) is 8.90. The van der Waals surface area contributed by atoms with Gasteiger partial charge in [-0.25, -0.2) is 13.4 Å². The molecule has 1 unspecified atom stereocenters. The summed E-state index contributed by atoms with van der Waals surface area (Å²) in [6.07, 6.45) is 4.34. The predicted molar refractivity (Wildman–Crippen MR) is 97.3 cm³/mol. The molecule has 2 aliphatic heterocycles. The molecule has 2 aliphatic rings. The summed E-state index contributed by atoms with van der Waals surface area (Å²) in [6.45, 7) is 8.39. The van der Waals surface area contributed by atoms with Crippen molar-refractivity contribution in [3.63, 3.8) is 0 Å². The Bertz CT molecular complexity index is 684. The highest BCUT2D eigenvalue weighted by molar-refractivity contribution is 7.89. The van der Waals surface area contributed by atoms with E-state index in [1.54, 1.807) is 22.5 Å². The molecular formula is C17H26N4O3S. The van der Waals surface area contributed by atoms with E-state index < -0.39 is 10.0 Å². The lowest BCUT2D eigenvalue weighted by atomic mass is 10.3. The van der Waals surface area contributed by atoms with Crippen LogP contribution in [0.1, 0.15) is 6.42 Å². The Kier molecular flexibility index (Phi) is 5.73. The molecular weight excluding hydrogens is 340 g/mol. The zero-order chi connectivity index (χ0) is 17.9. The van der Waals surface area contributed by atoms with Crippen LogP contribution in [-0.4, -0.2) is 81.6 Å². The number of nitrogens with zero attached hydrogens (tertiary/aromatic N) is 4. The van der Waals surface area contributed by atoms with Crippen LogP contribution >= 0.6 is 0 Å². The molecule has 1 aromatic heterocycles. The summed E-state index contributed by atoms with van der Waals surface area (Å²) in [5.41, 5.74) is 0. The van der Waals surface area contributed by atoms with Crippen molar-refractivity contribution in [2.75, 3.05) is 57.8 Å². The standard InChI is InChI=1S/C17H26N4O3S/c1-3-12-24-15-6-7-20(14-15)17-5-4-16(13-18-17)25(22,23)21-10-8-19(2)9-11-21/h3-5,13,15H,1,6-12,14H2,2H3. The Hall–Kier alpha value is -1.48. The van der Waals surface area contributed by atoms with E-state index >= 15 is 0 Å². The van der Waals surface area contributed by atoms with Crippen molar-refractivity contribution in [2.45, 2.75) is 17.4 Å². The van der Waals surface area contributed by atoms with Crippen LogP contribution in [0.25, 0.3) is 0 Å². The molecule has 0 spiro atoms. The number of pyridine rings is 1. The third-order valence-corrected chi connectivity index (χ3v) is 6.62. The van der Waals surface area contributed by atoms with Crippen LogP contribution in [-0.2, 0) is 14.8 Å². The monoisotopic (exact) mass is 366 g/mol. The molecule has 1 atom stereocenters. The highest BCUT2D eigenvalue weighted by Gasteiger charge is 2.28. The van der Waals surface area contributed by atoms with Crippen molar-refractivity contribution in [1.29, 1.82) is 0 Å². The molecule has 7 nitrogen and oxygen atoms in total. The first-order valence-corrected chi connectivity index (χ1v) is 10.1. The van der Waals surface area contributed by atoms with Crippen LogP contribution < -0.4 is 4.90 Å². The van der Waals surface area contributed by atoms with Crippen LogP contribution in [0.15, 0.2) is 35.9 Å². The third kappa shape index (κ3) is 4.20. The second-order valence-corrected chi connectivity index (χ2v) is 8.48. The summed E-state index contributed by atoms with van der Waals surface area (Å²) in [7, 11) is -1.46. The van der Waals surface area contributed by atoms with E-state index in [0.29, 0.717) is 19.7 Å². The van der Waals surface area contributed by atoms with Gasteiger partial charge in [0.1, 0.15) is 10.7 Å². The average molecular weight is 366 g/mol. The minimum absolute atomic E-state index is 0.175. The van der Waals surface area contributed by atoms with Crippen LogP contribution in [0.3, 0.4) is 0 Å². The van der Waals surface area contributed by atoms with E-state index in [1.807, 2.05) is 7.05 Å². The smallest absolute Gasteiger partial charge is 0.244 e. The van der Waals surface area contributed by atoms with Crippen LogP contribution in [0.2, 0.25) is 0 Å². The first-order chi connectivity index (χ1) is 12.0. The van der Waals surface area contributed by atoms with Gasteiger partial charge >= 0.3 is 0 Å². The van der Waals surface area contributed by atoms with Gasteiger partial charge in [0.2, 0.25) is 10.0 Å². The Labute approximate surface area is 149 Å². The van der Waals surface area contributed by atoms with Gasteiger partial charge < -0.3 is 14.5 Å². The van der Waals surface area contributed by atoms with Crippen molar-refractivity contribution in [1.82, 2.24) is 14.2 Å². The zero-order valence-electron chi connectivity index (χ0n) is 14.7. The molecule has 0 aliphatic carbocycles. The number of piperazine rings is 1. The third-order valence-electron chi connectivity index (χ3n) is 4.74. The first-order valence-electron chi connectivity index (χ1n) is 8.63. The minimum atomic E-state index is -3.46. The van der Waals surface area contributed by atoms with Gasteiger partial charge in [-0.1, -0.05) is 6.08 Å². The highest BCUT2D eigenvalue weighted by atomic mass is 32.2. The SMILES string of the molecule is C=CCOC1CCN(c2ccc(S(=O)(=O)N3CCN(C)CC3)cn2)C1. The number of aromatic nitrogens is 1. The minimum Gasteiger partial charge on any atom is -0.372 e. The molecule has 3 rings (SSSR count). The fraction of sp³-hybridized carbons (Fsp3) is 0.588. The molecule has 0 radical (unpaired) electrons. The molecule has 0 aromatic carbocycles. The molecule has 2 saturated heterocycles. The lowest BCUT2D eigenvalue weighted by Gasteiger charge is -2.31. The number of likely N-dealkylation sites (N-methyl/N-ethyl adjacent to an activating group) is 1. The van der Waals surface area contributed by atoms with Crippen molar-refractivity contribution in [3.05, 3.63) is 31.0 Å². The molecule has 2 fully saturated rings. The van der Waals surface area contributed by atoms with Gasteiger partial charge in [0, 0.05) is 45.5 Å². The van der Waals surface area contributed by atoms with E-state index in [-0.39, 0.29) is 11.0 Å². The quantitative estimate of drug-likeness (QED) is 0.694. The van der Waals surface area contributed by atoms with Crippen molar-refractivity contribution >= 4 is 15.8 Å². The summed E-state index contributed by atoms with van der Waals surface area (Å²) in [6, 6.07) is 3.45. The van der Waals surface area contributed by atoms with Crippen molar-refractivity contribution in [2.24, 2.45) is 0 Å². The van der Waals surface area contributed by atoms with Crippen LogP contribution in [0, 0.1) is 0 Å². The van der Waals surface area contributed by atoms with E-state index in [0.717, 1.165) is 38.4 Å². The predicted octanol–water partition coefficient (Wildman–Crippen LogP) is 0.799. The number of hydrogen-bond donors (Lipinski definition) is 0. The summed E-state index contributed by atoms with van der Waals surface area (Å²) in [5.74, 6) is 0.794. The summed E-state index contributed by atoms with van der Waals surface area (Å²) >= 11 is 0. The average Bonchev–Trinajstić information content (AvgIpc) is 3.09. The molecule has 3 heterocycles. The van der Waals surface area contributed by atoms with E-state index in [1.165, 1.54) is 6.20 Å². The molecule has 138 valence electrons. The van der Waals surface area contributed by atoms with E-state index in [2.05, 4.69) is 21.4 Å². The van der Waals surface area contributed by atoms with E-state index in [9.17, 15) is 8.42 Å². The number of sulfonamides is 1. The van der Waals surface area contributed by atoms with Gasteiger partial charge in [0.05, 0.1) is 12.7 Å². The van der Waals surface area contributed by atoms with E-state index in [4.69, 9.17) is 4.74 Å². The second-order valence-electron chi connectivity index (χ2n) is 6.54. The number of ether oxygens (including phenoxy) is 1. The lowest BCUT2D eigenvalue weighted by Crippen LogP contribution is -2.47. The fourth-order valence-electron chi connectivity index (χ4n) is 3.17. The maximum Gasteiger partial charge on any atom is 0.244 e. The molecule has 0 N–H and O–H groups in total. The fourth-order valence-corrected chi connectivity index (χ4v) is 4.53. The molecule has 0 amide bonds. The topological polar surface area (TPSA) is 66.0 Å². The van der Waals surface area contributed by atoms with Gasteiger partial charge in [-0.15, -0.1) is 6.58 Å². The van der Waals surface area contributed by atoms with Crippen molar-refractivity contribution < 1.29 is 13.2 Å². The number of hydrogen-bond acceptors (Lipinski definition) is 6. The number of anilines is 1. The van der Waals surface area contributed by atoms with Gasteiger partial charge in [0.25, 0.3) is 0 Å². The maximum atomic E-state index is 12.7.